The summed E-state index contributed by atoms with van der Waals surface area (Å²) in [5, 5.41) is 6.72. The minimum Gasteiger partial charge on any atom is -0.338 e. The molecule has 1 amide bonds. The first kappa shape index (κ1) is 12.2. The van der Waals surface area contributed by atoms with Crippen LogP contribution in [0.15, 0.2) is 16.8 Å². The highest BCUT2D eigenvalue weighted by molar-refractivity contribution is 7.08. The fraction of sp³-hybridized carbons (Fsp3) is 0.500. The maximum atomic E-state index is 11.9. The lowest BCUT2D eigenvalue weighted by Gasteiger charge is -2.27. The molecule has 2 rings (SSSR count). The molecule has 1 aliphatic rings. The molecule has 2 nitrogen and oxygen atoms in total. The lowest BCUT2D eigenvalue weighted by molar-refractivity contribution is 0.0930. The first-order valence-corrected chi connectivity index (χ1v) is 7.04. The van der Waals surface area contributed by atoms with Gasteiger partial charge in [0, 0.05) is 5.38 Å². The highest BCUT2D eigenvalue weighted by Crippen LogP contribution is 2.26. The summed E-state index contributed by atoms with van der Waals surface area (Å²) in [7, 11) is 0. The summed E-state index contributed by atoms with van der Waals surface area (Å²) in [6, 6.07) is 1.72. The first-order valence-electron chi connectivity index (χ1n) is 6.10. The molecule has 1 N–H and O–H groups in total. The van der Waals surface area contributed by atoms with Crippen molar-refractivity contribution in [3.8, 4) is 12.3 Å². The highest BCUT2D eigenvalue weighted by atomic mass is 32.1. The van der Waals surface area contributed by atoms with Crippen LogP contribution < -0.4 is 5.32 Å². The first-order chi connectivity index (χ1) is 8.31. The van der Waals surface area contributed by atoms with Crippen LogP contribution in [0.3, 0.4) is 0 Å². The van der Waals surface area contributed by atoms with Crippen molar-refractivity contribution >= 4 is 17.2 Å². The van der Waals surface area contributed by atoms with Gasteiger partial charge < -0.3 is 5.32 Å². The van der Waals surface area contributed by atoms with E-state index in [1.54, 1.807) is 0 Å². The van der Waals surface area contributed by atoms with E-state index in [0.29, 0.717) is 11.5 Å². The maximum Gasteiger partial charge on any atom is 0.253 e. The van der Waals surface area contributed by atoms with Gasteiger partial charge in [-0.2, -0.15) is 11.3 Å². The molecular weight excluding hydrogens is 230 g/mol. The van der Waals surface area contributed by atoms with Crippen LogP contribution in [0.5, 0.6) is 0 Å². The van der Waals surface area contributed by atoms with E-state index < -0.39 is 0 Å². The average molecular weight is 247 g/mol. The zero-order chi connectivity index (χ0) is 12.1. The summed E-state index contributed by atoms with van der Waals surface area (Å²) in [6.45, 7) is 0. The van der Waals surface area contributed by atoms with Crippen molar-refractivity contribution in [3.05, 3.63) is 22.4 Å². The van der Waals surface area contributed by atoms with Crippen molar-refractivity contribution in [3.63, 3.8) is 0 Å². The maximum absolute atomic E-state index is 11.9. The number of thiophene rings is 1. The van der Waals surface area contributed by atoms with Gasteiger partial charge >= 0.3 is 0 Å². The number of carbonyl (C=O) groups excluding carboxylic acids is 1. The molecule has 3 heteroatoms. The lowest BCUT2D eigenvalue weighted by Crippen LogP contribution is -2.39. The molecule has 0 bridgehead atoms. The van der Waals surface area contributed by atoms with E-state index in [0.717, 1.165) is 12.8 Å². The second kappa shape index (κ2) is 5.88. The summed E-state index contributed by atoms with van der Waals surface area (Å²) in [5.74, 6) is 3.15. The summed E-state index contributed by atoms with van der Waals surface area (Å²) in [4.78, 5) is 11.9. The molecule has 0 spiro atoms. The minimum absolute atomic E-state index is 0.0419. The molecular formula is C14H17NOS. The Hall–Kier alpha value is -1.27. The van der Waals surface area contributed by atoms with Gasteiger partial charge in [-0.15, -0.1) is 6.42 Å². The van der Waals surface area contributed by atoms with E-state index in [1.165, 1.54) is 30.6 Å². The van der Waals surface area contributed by atoms with Crippen molar-refractivity contribution in [1.82, 2.24) is 5.32 Å². The number of rotatable bonds is 3. The fourth-order valence-electron chi connectivity index (χ4n) is 2.38. The number of terminal acetylenes is 1. The van der Waals surface area contributed by atoms with Gasteiger partial charge in [0.1, 0.15) is 0 Å². The Morgan fingerprint density at radius 2 is 2.24 bits per heavy atom. The Balaban J connectivity index is 1.95. The standard InChI is InChI=1S/C14H17NOS/c1-2-13(11-6-4-3-5-7-11)15-14(16)12-8-9-17-10-12/h1,8-11,13H,3-7H2,(H,15,16). The van der Waals surface area contributed by atoms with Gasteiger partial charge in [-0.25, -0.2) is 0 Å². The summed E-state index contributed by atoms with van der Waals surface area (Å²) in [5.41, 5.74) is 0.714. The van der Waals surface area contributed by atoms with Crippen molar-refractivity contribution in [2.24, 2.45) is 5.92 Å². The van der Waals surface area contributed by atoms with Gasteiger partial charge in [0.25, 0.3) is 5.91 Å². The molecule has 0 saturated heterocycles. The van der Waals surface area contributed by atoms with E-state index in [1.807, 2.05) is 16.8 Å². The molecule has 1 fully saturated rings. The van der Waals surface area contributed by atoms with Crippen LogP contribution in [0.25, 0.3) is 0 Å². The van der Waals surface area contributed by atoms with Crippen molar-refractivity contribution in [2.75, 3.05) is 0 Å². The Labute approximate surface area is 106 Å². The molecule has 1 unspecified atom stereocenters. The van der Waals surface area contributed by atoms with Gasteiger partial charge in [-0.1, -0.05) is 25.2 Å². The van der Waals surface area contributed by atoms with E-state index in [-0.39, 0.29) is 11.9 Å². The Morgan fingerprint density at radius 3 is 2.82 bits per heavy atom. The fourth-order valence-corrected chi connectivity index (χ4v) is 3.02. The second-order valence-corrected chi connectivity index (χ2v) is 5.31. The molecule has 0 aromatic carbocycles. The summed E-state index contributed by atoms with van der Waals surface area (Å²) < 4.78 is 0. The monoisotopic (exact) mass is 247 g/mol. The van der Waals surface area contributed by atoms with E-state index in [4.69, 9.17) is 6.42 Å². The van der Waals surface area contributed by atoms with Gasteiger partial charge in [-0.05, 0) is 30.2 Å². The quantitative estimate of drug-likeness (QED) is 0.817. The largest absolute Gasteiger partial charge is 0.338 e. The number of hydrogen-bond acceptors (Lipinski definition) is 2. The van der Waals surface area contributed by atoms with Crippen molar-refractivity contribution in [2.45, 2.75) is 38.1 Å². The lowest BCUT2D eigenvalue weighted by atomic mass is 9.84. The van der Waals surface area contributed by atoms with Gasteiger partial charge in [0.2, 0.25) is 0 Å². The van der Waals surface area contributed by atoms with Crippen LogP contribution >= 0.6 is 11.3 Å². The van der Waals surface area contributed by atoms with Crippen LogP contribution in [-0.4, -0.2) is 11.9 Å². The van der Waals surface area contributed by atoms with E-state index in [9.17, 15) is 4.79 Å². The molecule has 90 valence electrons. The topological polar surface area (TPSA) is 29.1 Å². The van der Waals surface area contributed by atoms with Crippen molar-refractivity contribution in [1.29, 1.82) is 0 Å². The Kier molecular flexibility index (Phi) is 4.22. The van der Waals surface area contributed by atoms with Crippen LogP contribution in [0.4, 0.5) is 0 Å². The highest BCUT2D eigenvalue weighted by Gasteiger charge is 2.23. The number of carbonyl (C=O) groups is 1. The Morgan fingerprint density at radius 1 is 1.47 bits per heavy atom. The molecule has 1 aromatic rings. The van der Waals surface area contributed by atoms with Crippen LogP contribution in [0.1, 0.15) is 42.5 Å². The SMILES string of the molecule is C#CC(NC(=O)c1ccsc1)C1CCCCC1. The molecule has 1 aromatic heterocycles. The molecule has 0 radical (unpaired) electrons. The zero-order valence-corrected chi connectivity index (χ0v) is 10.6. The van der Waals surface area contributed by atoms with Crippen LogP contribution in [-0.2, 0) is 0 Å². The second-order valence-electron chi connectivity index (χ2n) is 4.53. The van der Waals surface area contributed by atoms with Gasteiger partial charge in [0.15, 0.2) is 0 Å². The van der Waals surface area contributed by atoms with Gasteiger partial charge in [-0.3, -0.25) is 4.79 Å². The Bertz CT molecular complexity index is 398. The number of nitrogens with one attached hydrogen (secondary N) is 1. The average Bonchev–Trinajstić information content (AvgIpc) is 2.90. The van der Waals surface area contributed by atoms with E-state index >= 15 is 0 Å². The molecule has 17 heavy (non-hydrogen) atoms. The third-order valence-electron chi connectivity index (χ3n) is 3.37. The number of hydrogen-bond donors (Lipinski definition) is 1. The minimum atomic E-state index is -0.109. The van der Waals surface area contributed by atoms with E-state index in [2.05, 4.69) is 11.2 Å². The smallest absolute Gasteiger partial charge is 0.253 e. The third-order valence-corrected chi connectivity index (χ3v) is 4.05. The summed E-state index contributed by atoms with van der Waals surface area (Å²) in [6.07, 6.45) is 11.6. The zero-order valence-electron chi connectivity index (χ0n) is 9.82. The third kappa shape index (κ3) is 3.10. The molecule has 1 heterocycles. The number of amides is 1. The predicted octanol–water partition coefficient (Wildman–Crippen LogP) is 3.06. The summed E-state index contributed by atoms with van der Waals surface area (Å²) >= 11 is 1.53. The van der Waals surface area contributed by atoms with Crippen LogP contribution in [0, 0.1) is 18.3 Å². The molecule has 1 aliphatic carbocycles. The molecule has 1 atom stereocenters. The normalized spacial score (nSPS) is 18.3. The van der Waals surface area contributed by atoms with Gasteiger partial charge in [0.05, 0.1) is 11.6 Å². The molecule has 0 aliphatic heterocycles. The van der Waals surface area contributed by atoms with Crippen molar-refractivity contribution < 1.29 is 4.79 Å². The molecule has 1 saturated carbocycles. The predicted molar refractivity (Wildman–Crippen MR) is 71.0 cm³/mol. The van der Waals surface area contributed by atoms with Crippen LogP contribution in [0.2, 0.25) is 0 Å².